The van der Waals surface area contributed by atoms with Crippen molar-refractivity contribution in [3.63, 3.8) is 0 Å². The lowest BCUT2D eigenvalue weighted by Crippen LogP contribution is -2.10. The molecule has 0 fully saturated rings. The molecule has 0 atom stereocenters. The molecular formula is C46H30N2O. The minimum atomic E-state index is 0.867. The fraction of sp³-hybridized carbons (Fsp3) is 0. The van der Waals surface area contributed by atoms with Crippen molar-refractivity contribution in [1.29, 1.82) is 0 Å². The molecule has 0 amide bonds. The topological polar surface area (TPSA) is 21.3 Å². The number of hydrogen-bond acceptors (Lipinski definition) is 2. The van der Waals surface area contributed by atoms with E-state index in [1.54, 1.807) is 0 Å². The Morgan fingerprint density at radius 3 is 1.92 bits per heavy atom. The minimum Gasteiger partial charge on any atom is -0.456 e. The Kier molecular flexibility index (Phi) is 6.18. The summed E-state index contributed by atoms with van der Waals surface area (Å²) in [6.45, 7) is 0. The van der Waals surface area contributed by atoms with Crippen molar-refractivity contribution < 1.29 is 4.42 Å². The van der Waals surface area contributed by atoms with Gasteiger partial charge in [-0.15, -0.1) is 0 Å². The van der Waals surface area contributed by atoms with Gasteiger partial charge in [-0.05, 0) is 88.6 Å². The Hall–Kier alpha value is -6.58. The molecule has 0 spiro atoms. The number of furan rings is 1. The average molecular weight is 627 g/mol. The molecule has 2 aromatic heterocycles. The largest absolute Gasteiger partial charge is 0.456 e. The molecule has 0 N–H and O–H groups in total. The van der Waals surface area contributed by atoms with Crippen LogP contribution >= 0.6 is 0 Å². The van der Waals surface area contributed by atoms with Crippen molar-refractivity contribution in [2.24, 2.45) is 0 Å². The summed E-state index contributed by atoms with van der Waals surface area (Å²) in [5, 5.41) is 7.03. The van der Waals surface area contributed by atoms with Crippen LogP contribution in [-0.4, -0.2) is 4.57 Å². The number of nitrogens with zero attached hydrogens (tertiary/aromatic N) is 2. The first-order valence-corrected chi connectivity index (χ1v) is 16.7. The molecule has 3 heteroatoms. The number of fused-ring (bicyclic) bond motifs is 7. The summed E-state index contributed by atoms with van der Waals surface area (Å²) in [4.78, 5) is 2.39. The van der Waals surface area contributed by atoms with Gasteiger partial charge in [0.25, 0.3) is 0 Å². The third kappa shape index (κ3) is 4.44. The second kappa shape index (κ2) is 11.0. The van der Waals surface area contributed by atoms with Crippen LogP contribution in [0.1, 0.15) is 0 Å². The molecule has 0 aliphatic carbocycles. The maximum absolute atomic E-state index is 6.61. The molecule has 8 aromatic carbocycles. The molecule has 3 nitrogen and oxygen atoms in total. The number of aromatic nitrogens is 1. The van der Waals surface area contributed by atoms with Gasteiger partial charge in [-0.1, -0.05) is 109 Å². The van der Waals surface area contributed by atoms with Gasteiger partial charge < -0.3 is 13.9 Å². The smallest absolute Gasteiger partial charge is 0.137 e. The van der Waals surface area contributed by atoms with Crippen molar-refractivity contribution in [1.82, 2.24) is 4.57 Å². The van der Waals surface area contributed by atoms with Crippen LogP contribution in [0.2, 0.25) is 0 Å². The normalized spacial score (nSPS) is 11.7. The zero-order chi connectivity index (χ0) is 32.3. The molecule has 0 bridgehead atoms. The van der Waals surface area contributed by atoms with E-state index in [9.17, 15) is 0 Å². The van der Waals surface area contributed by atoms with Crippen LogP contribution in [-0.2, 0) is 0 Å². The van der Waals surface area contributed by atoms with Crippen molar-refractivity contribution in [2.45, 2.75) is 0 Å². The quantitative estimate of drug-likeness (QED) is 0.190. The lowest BCUT2D eigenvalue weighted by Gasteiger charge is -2.27. The van der Waals surface area contributed by atoms with Crippen LogP contribution in [0.5, 0.6) is 0 Å². The first-order chi connectivity index (χ1) is 24.3. The third-order valence-corrected chi connectivity index (χ3v) is 9.72. The van der Waals surface area contributed by atoms with Gasteiger partial charge in [-0.3, -0.25) is 0 Å². The highest BCUT2D eigenvalue weighted by atomic mass is 16.3. The van der Waals surface area contributed by atoms with Gasteiger partial charge in [-0.25, -0.2) is 0 Å². The molecule has 230 valence electrons. The van der Waals surface area contributed by atoms with Crippen molar-refractivity contribution >= 4 is 71.6 Å². The lowest BCUT2D eigenvalue weighted by atomic mass is 10.0. The highest BCUT2D eigenvalue weighted by molar-refractivity contribution is 6.17. The minimum absolute atomic E-state index is 0.867. The number of benzene rings is 8. The van der Waals surface area contributed by atoms with Gasteiger partial charge in [0, 0.05) is 44.7 Å². The molecule has 0 saturated heterocycles. The van der Waals surface area contributed by atoms with Crippen LogP contribution in [0, 0.1) is 0 Å². The summed E-state index contributed by atoms with van der Waals surface area (Å²) in [7, 11) is 0. The molecule has 0 aliphatic heterocycles. The Balaban J connectivity index is 1.25. The van der Waals surface area contributed by atoms with E-state index in [2.05, 4.69) is 191 Å². The SMILES string of the molecule is c1ccc(-c2cccc(N(c3ccc4c(c3)oc3cc5ccccc5cc34)c3cccc4c3c3ccccc3n4-c3ccccc3)c2)cc1. The van der Waals surface area contributed by atoms with E-state index in [1.807, 2.05) is 0 Å². The average Bonchev–Trinajstić information content (AvgIpc) is 3.70. The summed E-state index contributed by atoms with van der Waals surface area (Å²) in [6.07, 6.45) is 0. The zero-order valence-corrected chi connectivity index (χ0v) is 26.6. The lowest BCUT2D eigenvalue weighted by molar-refractivity contribution is 0.669. The molecule has 0 saturated carbocycles. The first-order valence-electron chi connectivity index (χ1n) is 16.7. The Morgan fingerprint density at radius 2 is 1.06 bits per heavy atom. The maximum Gasteiger partial charge on any atom is 0.137 e. The van der Waals surface area contributed by atoms with Gasteiger partial charge in [0.2, 0.25) is 0 Å². The summed E-state index contributed by atoms with van der Waals surface area (Å²) in [5.41, 5.74) is 10.8. The van der Waals surface area contributed by atoms with E-state index in [0.717, 1.165) is 50.2 Å². The summed E-state index contributed by atoms with van der Waals surface area (Å²) >= 11 is 0. The Bertz CT molecular complexity index is 2830. The van der Waals surface area contributed by atoms with Crippen molar-refractivity contribution in [3.05, 3.63) is 182 Å². The van der Waals surface area contributed by atoms with E-state index in [1.165, 1.54) is 38.2 Å². The van der Waals surface area contributed by atoms with Crippen LogP contribution < -0.4 is 4.90 Å². The second-order valence-electron chi connectivity index (χ2n) is 12.6. The predicted molar refractivity (Wildman–Crippen MR) is 206 cm³/mol. The van der Waals surface area contributed by atoms with Gasteiger partial charge >= 0.3 is 0 Å². The molecule has 2 heterocycles. The summed E-state index contributed by atoms with van der Waals surface area (Å²) in [5.74, 6) is 0. The fourth-order valence-electron chi connectivity index (χ4n) is 7.51. The van der Waals surface area contributed by atoms with E-state index >= 15 is 0 Å². The molecule has 10 aromatic rings. The molecule has 49 heavy (non-hydrogen) atoms. The second-order valence-corrected chi connectivity index (χ2v) is 12.6. The Labute approximate surface area is 283 Å². The summed E-state index contributed by atoms with van der Waals surface area (Å²) in [6, 6.07) is 65.0. The fourth-order valence-corrected chi connectivity index (χ4v) is 7.51. The molecule has 0 aliphatic rings. The van der Waals surface area contributed by atoms with Gasteiger partial charge in [0.05, 0.1) is 16.7 Å². The van der Waals surface area contributed by atoms with Gasteiger partial charge in [-0.2, -0.15) is 0 Å². The van der Waals surface area contributed by atoms with Gasteiger partial charge in [0.1, 0.15) is 11.2 Å². The zero-order valence-electron chi connectivity index (χ0n) is 26.6. The van der Waals surface area contributed by atoms with E-state index in [0.29, 0.717) is 0 Å². The van der Waals surface area contributed by atoms with Crippen molar-refractivity contribution in [2.75, 3.05) is 4.90 Å². The Morgan fingerprint density at radius 1 is 0.408 bits per heavy atom. The molecule has 0 unspecified atom stereocenters. The van der Waals surface area contributed by atoms with E-state index in [4.69, 9.17) is 4.42 Å². The highest BCUT2D eigenvalue weighted by Crippen LogP contribution is 2.45. The van der Waals surface area contributed by atoms with Crippen LogP contribution in [0.15, 0.2) is 186 Å². The molecule has 10 rings (SSSR count). The first kappa shape index (κ1) is 27.5. The van der Waals surface area contributed by atoms with E-state index in [-0.39, 0.29) is 0 Å². The summed E-state index contributed by atoms with van der Waals surface area (Å²) < 4.78 is 8.98. The maximum atomic E-state index is 6.61. The highest BCUT2D eigenvalue weighted by Gasteiger charge is 2.22. The molecule has 0 radical (unpaired) electrons. The van der Waals surface area contributed by atoms with E-state index < -0.39 is 0 Å². The van der Waals surface area contributed by atoms with Crippen LogP contribution in [0.25, 0.3) is 71.3 Å². The van der Waals surface area contributed by atoms with Crippen LogP contribution in [0.4, 0.5) is 17.1 Å². The number of hydrogen-bond donors (Lipinski definition) is 0. The number of rotatable bonds is 5. The third-order valence-electron chi connectivity index (χ3n) is 9.72. The number of para-hydroxylation sites is 2. The standard InChI is InChI=1S/C46H30N2O/c1-3-13-31(14-4-1)32-17-11-20-36(27-32)47(37-25-26-38-40-28-33-15-7-8-16-34(33)29-44(40)49-45(38)30-37)42-23-12-24-43-46(42)39-21-9-10-22-41(39)48(43)35-18-5-2-6-19-35/h1-30H. The molecular weight excluding hydrogens is 597 g/mol. The monoisotopic (exact) mass is 626 g/mol. The van der Waals surface area contributed by atoms with Crippen LogP contribution in [0.3, 0.4) is 0 Å². The number of anilines is 3. The van der Waals surface area contributed by atoms with Crippen molar-refractivity contribution in [3.8, 4) is 16.8 Å². The van der Waals surface area contributed by atoms with Gasteiger partial charge in [0.15, 0.2) is 0 Å². The predicted octanol–water partition coefficient (Wildman–Crippen LogP) is 13.0.